The van der Waals surface area contributed by atoms with Gasteiger partial charge in [-0.1, -0.05) is 0 Å². The largest absolute Gasteiger partial charge is 0.481 e. The number of aromatic nitrogens is 3. The maximum atomic E-state index is 10.3. The Kier molecular flexibility index (Phi) is 2.80. The van der Waals surface area contributed by atoms with Crippen LogP contribution in [-0.4, -0.2) is 25.8 Å². The van der Waals surface area contributed by atoms with Crippen molar-refractivity contribution in [2.45, 2.75) is 19.9 Å². The summed E-state index contributed by atoms with van der Waals surface area (Å²) in [6.07, 6.45) is -0.0908. The molecule has 0 aromatic carbocycles. The standard InChI is InChI=1S/C6H8BrN3O2/c1-2-10-4(3-5(11)12)8-6(7)9-10/h2-3H2,1H3,(H,11,12). The molecule has 0 atom stereocenters. The van der Waals surface area contributed by atoms with Gasteiger partial charge in [0.05, 0.1) is 0 Å². The lowest BCUT2D eigenvalue weighted by molar-refractivity contribution is -0.136. The average Bonchev–Trinajstić information content (AvgIpc) is 2.29. The van der Waals surface area contributed by atoms with E-state index in [1.807, 2.05) is 6.92 Å². The van der Waals surface area contributed by atoms with E-state index in [1.165, 1.54) is 0 Å². The van der Waals surface area contributed by atoms with Crippen molar-refractivity contribution < 1.29 is 9.90 Å². The van der Waals surface area contributed by atoms with Crippen molar-refractivity contribution >= 4 is 21.9 Å². The van der Waals surface area contributed by atoms with Crippen LogP contribution >= 0.6 is 15.9 Å². The van der Waals surface area contributed by atoms with Gasteiger partial charge in [0.2, 0.25) is 4.73 Å². The summed E-state index contributed by atoms with van der Waals surface area (Å²) in [5.41, 5.74) is 0. The lowest BCUT2D eigenvalue weighted by atomic mass is 10.4. The van der Waals surface area contributed by atoms with Gasteiger partial charge in [0.25, 0.3) is 0 Å². The van der Waals surface area contributed by atoms with E-state index in [4.69, 9.17) is 5.11 Å². The minimum Gasteiger partial charge on any atom is -0.481 e. The molecule has 1 N–H and O–H groups in total. The summed E-state index contributed by atoms with van der Waals surface area (Å²) in [7, 11) is 0. The highest BCUT2D eigenvalue weighted by Gasteiger charge is 2.09. The smallest absolute Gasteiger partial charge is 0.311 e. The topological polar surface area (TPSA) is 68.0 Å². The van der Waals surface area contributed by atoms with Gasteiger partial charge in [0, 0.05) is 6.54 Å². The molecule has 0 saturated carbocycles. The number of hydrogen-bond donors (Lipinski definition) is 1. The highest BCUT2D eigenvalue weighted by Crippen LogP contribution is 2.05. The fraction of sp³-hybridized carbons (Fsp3) is 0.500. The first-order valence-electron chi connectivity index (χ1n) is 3.44. The van der Waals surface area contributed by atoms with Gasteiger partial charge in [0.15, 0.2) is 0 Å². The molecule has 5 nitrogen and oxygen atoms in total. The van der Waals surface area contributed by atoms with Crippen molar-refractivity contribution in [2.24, 2.45) is 0 Å². The Morgan fingerprint density at radius 3 is 2.92 bits per heavy atom. The number of aryl methyl sites for hydroxylation is 1. The van der Waals surface area contributed by atoms with E-state index in [-0.39, 0.29) is 6.42 Å². The number of carboxylic acids is 1. The molecule has 0 aliphatic carbocycles. The van der Waals surface area contributed by atoms with Crippen LogP contribution in [0.3, 0.4) is 0 Å². The van der Waals surface area contributed by atoms with Gasteiger partial charge in [-0.3, -0.25) is 4.79 Å². The van der Waals surface area contributed by atoms with Crippen molar-refractivity contribution in [3.8, 4) is 0 Å². The fourth-order valence-corrected chi connectivity index (χ4v) is 1.26. The Bertz CT molecular complexity index is 297. The molecule has 0 aliphatic rings. The molecule has 6 heteroatoms. The van der Waals surface area contributed by atoms with Crippen LogP contribution in [0, 0.1) is 0 Å². The fourth-order valence-electron chi connectivity index (χ4n) is 0.863. The van der Waals surface area contributed by atoms with Gasteiger partial charge >= 0.3 is 5.97 Å². The van der Waals surface area contributed by atoms with Crippen molar-refractivity contribution in [3.05, 3.63) is 10.6 Å². The zero-order valence-electron chi connectivity index (χ0n) is 6.49. The maximum Gasteiger partial charge on any atom is 0.311 e. The summed E-state index contributed by atoms with van der Waals surface area (Å²) in [5.74, 6) is -0.429. The molecule has 1 aromatic heterocycles. The third kappa shape index (κ3) is 2.04. The molecule has 0 saturated heterocycles. The van der Waals surface area contributed by atoms with Crippen LogP contribution in [0.2, 0.25) is 0 Å². The molecule has 1 rings (SSSR count). The van der Waals surface area contributed by atoms with E-state index in [0.29, 0.717) is 17.1 Å². The van der Waals surface area contributed by atoms with Gasteiger partial charge in [0.1, 0.15) is 12.2 Å². The molecule has 1 aromatic rings. The third-order valence-electron chi connectivity index (χ3n) is 1.33. The second kappa shape index (κ2) is 3.66. The molecule has 0 fully saturated rings. The Morgan fingerprint density at radius 1 is 1.75 bits per heavy atom. The summed E-state index contributed by atoms with van der Waals surface area (Å²) in [6, 6.07) is 0. The third-order valence-corrected chi connectivity index (χ3v) is 1.67. The molecule has 0 aliphatic heterocycles. The molecule has 0 bridgehead atoms. The zero-order chi connectivity index (χ0) is 9.14. The Labute approximate surface area is 77.5 Å². The first kappa shape index (κ1) is 9.18. The summed E-state index contributed by atoms with van der Waals surface area (Å²) >= 11 is 3.08. The molecule has 0 radical (unpaired) electrons. The molecule has 1 heterocycles. The van der Waals surface area contributed by atoms with Crippen molar-refractivity contribution in [3.63, 3.8) is 0 Å². The van der Waals surface area contributed by atoms with Crippen molar-refractivity contribution in [2.75, 3.05) is 0 Å². The monoisotopic (exact) mass is 233 g/mol. The lowest BCUT2D eigenvalue weighted by Crippen LogP contribution is -2.09. The molecular formula is C6H8BrN3O2. The second-order valence-electron chi connectivity index (χ2n) is 2.18. The van der Waals surface area contributed by atoms with E-state index >= 15 is 0 Å². The number of carbonyl (C=O) groups is 1. The molecule has 0 spiro atoms. The predicted molar refractivity (Wildman–Crippen MR) is 44.7 cm³/mol. The van der Waals surface area contributed by atoms with Gasteiger partial charge in [-0.2, -0.15) is 0 Å². The minimum absolute atomic E-state index is 0.0908. The predicted octanol–water partition coefficient (Wildman–Crippen LogP) is 0.688. The molecule has 0 unspecified atom stereocenters. The molecule has 12 heavy (non-hydrogen) atoms. The number of halogens is 1. The summed E-state index contributed by atoms with van der Waals surface area (Å²) in [4.78, 5) is 14.3. The van der Waals surface area contributed by atoms with Crippen LogP contribution in [-0.2, 0) is 17.8 Å². The van der Waals surface area contributed by atoms with Crippen molar-refractivity contribution in [1.29, 1.82) is 0 Å². The van der Waals surface area contributed by atoms with Gasteiger partial charge in [-0.05, 0) is 22.9 Å². The maximum absolute atomic E-state index is 10.3. The summed E-state index contributed by atoms with van der Waals surface area (Å²) in [6.45, 7) is 2.51. The SMILES string of the molecule is CCn1nc(Br)nc1CC(=O)O. The van der Waals surface area contributed by atoms with Crippen LogP contribution in [0.4, 0.5) is 0 Å². The second-order valence-corrected chi connectivity index (χ2v) is 2.89. The average molecular weight is 234 g/mol. The molecule has 66 valence electrons. The number of aliphatic carboxylic acids is 1. The van der Waals surface area contributed by atoms with Crippen LogP contribution in [0.15, 0.2) is 4.73 Å². The van der Waals surface area contributed by atoms with E-state index in [1.54, 1.807) is 4.68 Å². The lowest BCUT2D eigenvalue weighted by Gasteiger charge is -1.97. The number of carboxylic acid groups (broad SMARTS) is 1. The normalized spacial score (nSPS) is 10.2. The number of hydrogen-bond acceptors (Lipinski definition) is 3. The Morgan fingerprint density at radius 2 is 2.42 bits per heavy atom. The van der Waals surface area contributed by atoms with E-state index in [2.05, 4.69) is 26.0 Å². The number of nitrogens with zero attached hydrogens (tertiary/aromatic N) is 3. The minimum atomic E-state index is -0.899. The molecule has 0 amide bonds. The van der Waals surface area contributed by atoms with Crippen molar-refractivity contribution in [1.82, 2.24) is 14.8 Å². The van der Waals surface area contributed by atoms with E-state index in [0.717, 1.165) is 0 Å². The van der Waals surface area contributed by atoms with Crippen LogP contribution in [0.1, 0.15) is 12.7 Å². The first-order chi connectivity index (χ1) is 5.63. The molecular weight excluding hydrogens is 226 g/mol. The number of rotatable bonds is 3. The van der Waals surface area contributed by atoms with Gasteiger partial charge < -0.3 is 5.11 Å². The Hall–Kier alpha value is -0.910. The first-order valence-corrected chi connectivity index (χ1v) is 4.23. The van der Waals surface area contributed by atoms with E-state index in [9.17, 15) is 4.79 Å². The highest BCUT2D eigenvalue weighted by atomic mass is 79.9. The van der Waals surface area contributed by atoms with Crippen LogP contribution in [0.25, 0.3) is 0 Å². The zero-order valence-corrected chi connectivity index (χ0v) is 8.08. The van der Waals surface area contributed by atoms with Gasteiger partial charge in [-0.15, -0.1) is 5.10 Å². The quantitative estimate of drug-likeness (QED) is 0.835. The van der Waals surface area contributed by atoms with E-state index < -0.39 is 5.97 Å². The van der Waals surface area contributed by atoms with Crippen LogP contribution in [0.5, 0.6) is 0 Å². The van der Waals surface area contributed by atoms with Crippen LogP contribution < -0.4 is 0 Å². The summed E-state index contributed by atoms with van der Waals surface area (Å²) < 4.78 is 1.98. The Balaban J connectivity index is 2.89. The van der Waals surface area contributed by atoms with Gasteiger partial charge in [-0.25, -0.2) is 9.67 Å². The summed E-state index contributed by atoms with van der Waals surface area (Å²) in [5, 5.41) is 12.4. The highest BCUT2D eigenvalue weighted by molar-refractivity contribution is 9.10.